The van der Waals surface area contributed by atoms with Gasteiger partial charge in [0.1, 0.15) is 0 Å². The van der Waals surface area contributed by atoms with Crippen molar-refractivity contribution in [2.45, 2.75) is 0 Å². The van der Waals surface area contributed by atoms with Crippen LogP contribution >= 0.6 is 22.6 Å². The topological polar surface area (TPSA) is 49.4 Å². The van der Waals surface area contributed by atoms with Crippen LogP contribution < -0.4 is 10.2 Å². The van der Waals surface area contributed by atoms with E-state index in [9.17, 15) is 9.59 Å². The molecule has 2 aromatic carbocycles. The van der Waals surface area contributed by atoms with E-state index < -0.39 is 11.7 Å². The number of fused-ring (bicyclic) bond motifs is 1. The molecule has 0 radical (unpaired) electrons. The van der Waals surface area contributed by atoms with Crippen molar-refractivity contribution in [2.75, 3.05) is 16.9 Å². The summed E-state index contributed by atoms with van der Waals surface area (Å²) >= 11 is 2.23. The van der Waals surface area contributed by atoms with Crippen molar-refractivity contribution in [3.05, 3.63) is 57.7 Å². The lowest BCUT2D eigenvalue weighted by atomic mass is 10.1. The largest absolute Gasteiger partial charge is 0.367 e. The van der Waals surface area contributed by atoms with Crippen LogP contribution in [0.4, 0.5) is 11.4 Å². The van der Waals surface area contributed by atoms with Crippen LogP contribution in [-0.2, 0) is 4.79 Å². The van der Waals surface area contributed by atoms with Crippen LogP contribution in [0.3, 0.4) is 0 Å². The molecule has 0 unspecified atom stereocenters. The third-order valence-electron chi connectivity index (χ3n) is 3.16. The van der Waals surface area contributed by atoms with Gasteiger partial charge in [0.25, 0.3) is 5.78 Å². The fourth-order valence-electron chi connectivity index (χ4n) is 2.14. The summed E-state index contributed by atoms with van der Waals surface area (Å²) in [6.45, 7) is 0.280. The summed E-state index contributed by atoms with van der Waals surface area (Å²) in [7, 11) is 0. The van der Waals surface area contributed by atoms with Gasteiger partial charge in [0, 0.05) is 9.26 Å². The van der Waals surface area contributed by atoms with Gasteiger partial charge in [-0.2, -0.15) is 0 Å². The molecule has 2 aromatic rings. The van der Waals surface area contributed by atoms with Gasteiger partial charge in [-0.15, -0.1) is 0 Å². The van der Waals surface area contributed by atoms with Gasteiger partial charge < -0.3 is 5.32 Å². The number of rotatable bonds is 3. The van der Waals surface area contributed by atoms with Crippen molar-refractivity contribution in [3.8, 4) is 0 Å². The molecule has 0 atom stereocenters. The van der Waals surface area contributed by atoms with E-state index in [0.717, 1.165) is 9.26 Å². The smallest absolute Gasteiger partial charge is 0.300 e. The summed E-state index contributed by atoms with van der Waals surface area (Å²) < 4.78 is 1.14. The molecule has 1 amide bonds. The number of anilines is 2. The third-order valence-corrected chi connectivity index (χ3v) is 3.88. The molecule has 0 fully saturated rings. The first-order valence-corrected chi connectivity index (χ1v) is 7.19. The quantitative estimate of drug-likeness (QED) is 0.660. The molecule has 20 heavy (non-hydrogen) atoms. The van der Waals surface area contributed by atoms with E-state index >= 15 is 0 Å². The van der Waals surface area contributed by atoms with E-state index in [0.29, 0.717) is 11.3 Å². The maximum absolute atomic E-state index is 12.0. The minimum Gasteiger partial charge on any atom is -0.367 e. The molecule has 0 saturated heterocycles. The zero-order valence-electron chi connectivity index (χ0n) is 10.5. The van der Waals surface area contributed by atoms with Crippen molar-refractivity contribution in [1.29, 1.82) is 0 Å². The molecule has 0 aromatic heterocycles. The zero-order valence-corrected chi connectivity index (χ0v) is 12.6. The number of Topliss-reactive ketones (excluding diaryl/α,β-unsaturated/α-hetero) is 1. The molecular formula is C15H11IN2O2. The van der Waals surface area contributed by atoms with E-state index in [1.165, 1.54) is 4.90 Å². The van der Waals surface area contributed by atoms with Crippen LogP contribution in [0.5, 0.6) is 0 Å². The lowest BCUT2D eigenvalue weighted by molar-refractivity contribution is -0.114. The molecule has 4 nitrogen and oxygen atoms in total. The van der Waals surface area contributed by atoms with E-state index in [1.54, 1.807) is 18.2 Å². The Morgan fingerprint density at radius 1 is 1.00 bits per heavy atom. The number of halogens is 1. The van der Waals surface area contributed by atoms with Crippen LogP contribution in [-0.4, -0.2) is 18.4 Å². The first-order valence-electron chi connectivity index (χ1n) is 6.11. The van der Waals surface area contributed by atoms with E-state index in [4.69, 9.17) is 0 Å². The van der Waals surface area contributed by atoms with Crippen molar-refractivity contribution in [1.82, 2.24) is 0 Å². The maximum Gasteiger partial charge on any atom is 0.300 e. The number of benzene rings is 2. The predicted octanol–water partition coefficient (Wildman–Crippen LogP) is 2.89. The van der Waals surface area contributed by atoms with Gasteiger partial charge in [0.2, 0.25) is 0 Å². The van der Waals surface area contributed by atoms with Gasteiger partial charge in [-0.05, 0) is 59.0 Å². The number of nitrogens with one attached hydrogen (secondary N) is 1. The summed E-state index contributed by atoms with van der Waals surface area (Å²) in [6.07, 6.45) is 0. The second-order valence-electron chi connectivity index (χ2n) is 4.42. The summed E-state index contributed by atoms with van der Waals surface area (Å²) in [5, 5.41) is 3.16. The Morgan fingerprint density at radius 3 is 2.45 bits per heavy atom. The van der Waals surface area contributed by atoms with Gasteiger partial charge in [-0.1, -0.05) is 12.1 Å². The summed E-state index contributed by atoms with van der Waals surface area (Å²) in [6, 6.07) is 14.9. The average molecular weight is 378 g/mol. The molecule has 1 heterocycles. The third kappa shape index (κ3) is 2.29. The minimum absolute atomic E-state index is 0.280. The van der Waals surface area contributed by atoms with E-state index in [1.807, 2.05) is 30.3 Å². The number of carbonyl (C=O) groups excluding carboxylic acids is 2. The van der Waals surface area contributed by atoms with Crippen molar-refractivity contribution >= 4 is 45.7 Å². The standard InChI is InChI=1S/C15H11IN2O2/c16-10-5-7-11(8-6-10)17-9-18-13-4-2-1-3-12(13)14(19)15(18)20/h1-8,17H,9H2. The summed E-state index contributed by atoms with van der Waals surface area (Å²) in [5.41, 5.74) is 2.05. The highest BCUT2D eigenvalue weighted by molar-refractivity contribution is 14.1. The fourth-order valence-corrected chi connectivity index (χ4v) is 2.50. The van der Waals surface area contributed by atoms with Crippen LogP contribution in [0, 0.1) is 3.57 Å². The number of para-hydroxylation sites is 1. The second kappa shape index (κ2) is 5.24. The average Bonchev–Trinajstić information content (AvgIpc) is 2.71. The van der Waals surface area contributed by atoms with Gasteiger partial charge >= 0.3 is 5.91 Å². The fraction of sp³-hybridized carbons (Fsp3) is 0.0667. The van der Waals surface area contributed by atoms with Gasteiger partial charge in [0.15, 0.2) is 0 Å². The molecule has 1 N–H and O–H groups in total. The highest BCUT2D eigenvalue weighted by Gasteiger charge is 2.34. The predicted molar refractivity (Wildman–Crippen MR) is 85.9 cm³/mol. The lowest BCUT2D eigenvalue weighted by Gasteiger charge is -2.17. The van der Waals surface area contributed by atoms with Gasteiger partial charge in [0.05, 0.1) is 17.9 Å². The number of ketones is 1. The monoisotopic (exact) mass is 378 g/mol. The first kappa shape index (κ1) is 13.1. The SMILES string of the molecule is O=C1C(=O)N(CNc2ccc(I)cc2)c2ccccc21. The number of hydrogen-bond donors (Lipinski definition) is 1. The zero-order chi connectivity index (χ0) is 14.1. The molecule has 1 aliphatic heterocycles. The van der Waals surface area contributed by atoms with Crippen molar-refractivity contribution < 1.29 is 9.59 Å². The van der Waals surface area contributed by atoms with Gasteiger partial charge in [-0.25, -0.2) is 0 Å². The Bertz CT molecular complexity index is 683. The number of hydrogen-bond acceptors (Lipinski definition) is 3. The van der Waals surface area contributed by atoms with Crippen LogP contribution in [0.2, 0.25) is 0 Å². The van der Waals surface area contributed by atoms with Crippen molar-refractivity contribution in [3.63, 3.8) is 0 Å². The molecule has 3 rings (SSSR count). The summed E-state index contributed by atoms with van der Waals surface area (Å²) in [5.74, 6) is -0.922. The Hall–Kier alpha value is -1.89. The van der Waals surface area contributed by atoms with Crippen LogP contribution in [0.1, 0.15) is 10.4 Å². The maximum atomic E-state index is 12.0. The number of amides is 1. The lowest BCUT2D eigenvalue weighted by Crippen LogP contribution is -2.34. The molecule has 5 heteroatoms. The Balaban J connectivity index is 1.79. The number of nitrogens with zero attached hydrogens (tertiary/aromatic N) is 1. The molecule has 0 aliphatic carbocycles. The molecule has 0 bridgehead atoms. The molecular weight excluding hydrogens is 367 g/mol. The van der Waals surface area contributed by atoms with Crippen LogP contribution in [0.15, 0.2) is 48.5 Å². The molecule has 1 aliphatic rings. The Morgan fingerprint density at radius 2 is 1.70 bits per heavy atom. The second-order valence-corrected chi connectivity index (χ2v) is 5.67. The molecule has 100 valence electrons. The van der Waals surface area contributed by atoms with Crippen molar-refractivity contribution in [2.24, 2.45) is 0 Å². The summed E-state index contributed by atoms with van der Waals surface area (Å²) in [4.78, 5) is 25.3. The minimum atomic E-state index is -0.482. The molecule has 0 spiro atoms. The van der Waals surface area contributed by atoms with Gasteiger partial charge in [-0.3, -0.25) is 14.5 Å². The van der Waals surface area contributed by atoms with E-state index in [2.05, 4.69) is 27.9 Å². The highest BCUT2D eigenvalue weighted by atomic mass is 127. The molecule has 0 saturated carbocycles. The Labute approximate surface area is 129 Å². The highest BCUT2D eigenvalue weighted by Crippen LogP contribution is 2.28. The number of carbonyl (C=O) groups is 2. The first-order chi connectivity index (χ1) is 9.66. The normalized spacial score (nSPS) is 13.6. The van der Waals surface area contributed by atoms with Crippen LogP contribution in [0.25, 0.3) is 0 Å². The van der Waals surface area contributed by atoms with E-state index in [-0.39, 0.29) is 6.67 Å². The Kier molecular flexibility index (Phi) is 3.43.